The van der Waals surface area contributed by atoms with Crippen LogP contribution in [-0.4, -0.2) is 24.8 Å². The van der Waals surface area contributed by atoms with Gasteiger partial charge >= 0.3 is 0 Å². The number of hydrogen-bond donors (Lipinski definition) is 1. The standard InChI is InChI=1S/C13H27NO/c1-5-11(3)10-14-12-7-8-15-13(4,6-2)9-12/h11-12,14H,5-10H2,1-4H3. The van der Waals surface area contributed by atoms with Crippen LogP contribution in [-0.2, 0) is 4.74 Å². The van der Waals surface area contributed by atoms with Gasteiger partial charge in [-0.25, -0.2) is 0 Å². The van der Waals surface area contributed by atoms with Crippen molar-refractivity contribution >= 4 is 0 Å². The first kappa shape index (κ1) is 13.0. The molecule has 1 rings (SSSR count). The SMILES string of the molecule is CCC(C)CNC1CCOC(C)(CC)C1. The van der Waals surface area contributed by atoms with Gasteiger partial charge in [-0.3, -0.25) is 0 Å². The second kappa shape index (κ2) is 5.86. The summed E-state index contributed by atoms with van der Waals surface area (Å²) in [7, 11) is 0. The number of nitrogens with one attached hydrogen (secondary N) is 1. The summed E-state index contributed by atoms with van der Waals surface area (Å²) in [5, 5.41) is 3.68. The van der Waals surface area contributed by atoms with Crippen LogP contribution < -0.4 is 5.32 Å². The largest absolute Gasteiger partial charge is 0.375 e. The second-order valence-corrected chi connectivity index (χ2v) is 5.26. The molecule has 0 saturated carbocycles. The Morgan fingerprint density at radius 2 is 2.20 bits per heavy atom. The molecule has 2 heteroatoms. The molecule has 1 saturated heterocycles. The van der Waals surface area contributed by atoms with E-state index < -0.39 is 0 Å². The summed E-state index contributed by atoms with van der Waals surface area (Å²) in [6, 6.07) is 0.665. The van der Waals surface area contributed by atoms with E-state index in [1.54, 1.807) is 0 Å². The van der Waals surface area contributed by atoms with Gasteiger partial charge in [-0.1, -0.05) is 27.2 Å². The molecule has 1 aliphatic heterocycles. The van der Waals surface area contributed by atoms with Gasteiger partial charge in [0.1, 0.15) is 0 Å². The van der Waals surface area contributed by atoms with Gasteiger partial charge in [0.2, 0.25) is 0 Å². The average molecular weight is 213 g/mol. The first-order valence-electron chi connectivity index (χ1n) is 6.47. The highest BCUT2D eigenvalue weighted by atomic mass is 16.5. The lowest BCUT2D eigenvalue weighted by atomic mass is 9.89. The minimum atomic E-state index is 0.116. The molecule has 3 atom stereocenters. The monoisotopic (exact) mass is 213 g/mol. The molecular weight excluding hydrogens is 186 g/mol. The molecule has 0 aliphatic carbocycles. The van der Waals surface area contributed by atoms with Gasteiger partial charge in [0.05, 0.1) is 5.60 Å². The van der Waals surface area contributed by atoms with E-state index in [-0.39, 0.29) is 5.60 Å². The molecule has 2 nitrogen and oxygen atoms in total. The summed E-state index contributed by atoms with van der Waals surface area (Å²) in [5.74, 6) is 0.792. The zero-order valence-electron chi connectivity index (χ0n) is 10.8. The fraction of sp³-hybridized carbons (Fsp3) is 1.00. The van der Waals surface area contributed by atoms with Gasteiger partial charge in [0.15, 0.2) is 0 Å². The predicted octanol–water partition coefficient (Wildman–Crippen LogP) is 2.97. The van der Waals surface area contributed by atoms with Crippen LogP contribution in [0.5, 0.6) is 0 Å². The molecule has 0 spiro atoms. The molecule has 0 radical (unpaired) electrons. The second-order valence-electron chi connectivity index (χ2n) is 5.26. The normalized spacial score (nSPS) is 34.0. The fourth-order valence-electron chi connectivity index (χ4n) is 2.06. The van der Waals surface area contributed by atoms with Crippen LogP contribution in [0.1, 0.15) is 53.4 Å². The van der Waals surface area contributed by atoms with Crippen molar-refractivity contribution in [1.29, 1.82) is 0 Å². The Labute approximate surface area is 94.8 Å². The third kappa shape index (κ3) is 4.12. The Morgan fingerprint density at radius 1 is 1.47 bits per heavy atom. The predicted molar refractivity (Wildman–Crippen MR) is 65.1 cm³/mol. The van der Waals surface area contributed by atoms with E-state index in [1.807, 2.05) is 0 Å². The molecule has 3 unspecified atom stereocenters. The number of hydrogen-bond acceptors (Lipinski definition) is 2. The Hall–Kier alpha value is -0.0800. The highest BCUT2D eigenvalue weighted by Gasteiger charge is 2.31. The van der Waals surface area contributed by atoms with Gasteiger partial charge in [0.25, 0.3) is 0 Å². The Kier molecular flexibility index (Phi) is 5.07. The molecule has 0 bridgehead atoms. The maximum atomic E-state index is 5.84. The van der Waals surface area contributed by atoms with Crippen LogP contribution in [0.15, 0.2) is 0 Å². The molecule has 90 valence electrons. The van der Waals surface area contributed by atoms with E-state index in [9.17, 15) is 0 Å². The van der Waals surface area contributed by atoms with Crippen molar-refractivity contribution in [2.45, 2.75) is 65.0 Å². The summed E-state index contributed by atoms with van der Waals surface area (Å²) in [5.41, 5.74) is 0.116. The van der Waals surface area contributed by atoms with Crippen LogP contribution in [0.25, 0.3) is 0 Å². The lowest BCUT2D eigenvalue weighted by molar-refractivity contribution is -0.0781. The van der Waals surface area contributed by atoms with Crippen molar-refractivity contribution < 1.29 is 4.74 Å². The highest BCUT2D eigenvalue weighted by Crippen LogP contribution is 2.27. The van der Waals surface area contributed by atoms with Gasteiger partial charge in [-0.2, -0.15) is 0 Å². The van der Waals surface area contributed by atoms with Crippen LogP contribution in [0.3, 0.4) is 0 Å². The first-order chi connectivity index (χ1) is 7.09. The van der Waals surface area contributed by atoms with E-state index in [2.05, 4.69) is 33.0 Å². The molecule has 0 aromatic heterocycles. The quantitative estimate of drug-likeness (QED) is 0.758. The van der Waals surface area contributed by atoms with E-state index in [4.69, 9.17) is 4.74 Å². The first-order valence-corrected chi connectivity index (χ1v) is 6.47. The van der Waals surface area contributed by atoms with Gasteiger partial charge in [0, 0.05) is 12.6 Å². The Morgan fingerprint density at radius 3 is 2.80 bits per heavy atom. The molecule has 0 amide bonds. The van der Waals surface area contributed by atoms with Crippen LogP contribution in [0, 0.1) is 5.92 Å². The van der Waals surface area contributed by atoms with Crippen molar-refractivity contribution in [1.82, 2.24) is 5.32 Å². The maximum absolute atomic E-state index is 5.84. The summed E-state index contributed by atoms with van der Waals surface area (Å²) in [6.45, 7) is 11.1. The lowest BCUT2D eigenvalue weighted by Crippen LogP contribution is -2.46. The molecule has 1 N–H and O–H groups in total. The van der Waals surface area contributed by atoms with Crippen molar-refractivity contribution in [2.24, 2.45) is 5.92 Å². The zero-order valence-corrected chi connectivity index (χ0v) is 10.8. The molecule has 0 aromatic rings. The van der Waals surface area contributed by atoms with E-state index in [0.29, 0.717) is 6.04 Å². The average Bonchev–Trinajstić information content (AvgIpc) is 2.26. The molecule has 0 aromatic carbocycles. The molecule has 1 fully saturated rings. The summed E-state index contributed by atoms with van der Waals surface area (Å²) in [6.07, 6.45) is 4.72. The van der Waals surface area contributed by atoms with Crippen LogP contribution >= 0.6 is 0 Å². The van der Waals surface area contributed by atoms with E-state index >= 15 is 0 Å². The molecule has 1 aliphatic rings. The van der Waals surface area contributed by atoms with Gasteiger partial charge in [-0.05, 0) is 38.6 Å². The van der Waals surface area contributed by atoms with Gasteiger partial charge in [-0.15, -0.1) is 0 Å². The summed E-state index contributed by atoms with van der Waals surface area (Å²) < 4.78 is 5.84. The number of rotatable bonds is 5. The smallest absolute Gasteiger partial charge is 0.0666 e. The third-order valence-electron chi connectivity index (χ3n) is 3.79. The molecular formula is C13H27NO. The minimum Gasteiger partial charge on any atom is -0.375 e. The fourth-order valence-corrected chi connectivity index (χ4v) is 2.06. The van der Waals surface area contributed by atoms with Crippen molar-refractivity contribution in [3.8, 4) is 0 Å². The lowest BCUT2D eigenvalue weighted by Gasteiger charge is -2.38. The van der Waals surface area contributed by atoms with Crippen molar-refractivity contribution in [3.63, 3.8) is 0 Å². The third-order valence-corrected chi connectivity index (χ3v) is 3.79. The van der Waals surface area contributed by atoms with E-state index in [0.717, 1.165) is 25.5 Å². The summed E-state index contributed by atoms with van der Waals surface area (Å²) in [4.78, 5) is 0. The minimum absolute atomic E-state index is 0.116. The van der Waals surface area contributed by atoms with Crippen molar-refractivity contribution in [3.05, 3.63) is 0 Å². The summed E-state index contributed by atoms with van der Waals surface area (Å²) >= 11 is 0. The maximum Gasteiger partial charge on any atom is 0.0666 e. The number of ether oxygens (including phenoxy) is 1. The Balaban J connectivity index is 2.30. The van der Waals surface area contributed by atoms with Crippen molar-refractivity contribution in [2.75, 3.05) is 13.2 Å². The van der Waals surface area contributed by atoms with Crippen LogP contribution in [0.4, 0.5) is 0 Å². The van der Waals surface area contributed by atoms with E-state index in [1.165, 1.54) is 19.3 Å². The highest BCUT2D eigenvalue weighted by molar-refractivity contribution is 4.85. The molecule has 15 heavy (non-hydrogen) atoms. The Bertz CT molecular complexity index is 183. The van der Waals surface area contributed by atoms with Crippen LogP contribution in [0.2, 0.25) is 0 Å². The zero-order chi connectivity index (χ0) is 11.3. The molecule has 1 heterocycles. The topological polar surface area (TPSA) is 21.3 Å². The van der Waals surface area contributed by atoms with Gasteiger partial charge < -0.3 is 10.1 Å².